The molecule has 19 heavy (non-hydrogen) atoms. The van der Waals surface area contributed by atoms with Gasteiger partial charge in [-0.2, -0.15) is 0 Å². The van der Waals surface area contributed by atoms with Gasteiger partial charge in [-0.25, -0.2) is 0 Å². The number of halogens is 1. The number of methoxy groups -OCH3 is 1. The van der Waals surface area contributed by atoms with Crippen molar-refractivity contribution in [1.29, 1.82) is 0 Å². The lowest BCUT2D eigenvalue weighted by Gasteiger charge is -2.11. The number of carbonyl (C=O) groups is 1. The van der Waals surface area contributed by atoms with Crippen LogP contribution in [0.4, 0.5) is 0 Å². The van der Waals surface area contributed by atoms with E-state index in [0.29, 0.717) is 29.5 Å². The summed E-state index contributed by atoms with van der Waals surface area (Å²) in [5, 5.41) is 12.2. The summed E-state index contributed by atoms with van der Waals surface area (Å²) in [6.07, 6.45) is 0.746. The highest BCUT2D eigenvalue weighted by atomic mass is 35.5. The largest absolute Gasteiger partial charge is 0.482 e. The van der Waals surface area contributed by atoms with Crippen LogP contribution >= 0.6 is 11.6 Å². The second kappa shape index (κ2) is 8.74. The van der Waals surface area contributed by atoms with E-state index < -0.39 is 0 Å². The summed E-state index contributed by atoms with van der Waals surface area (Å²) >= 11 is 5.95. The number of hydrogen-bond acceptors (Lipinski definition) is 4. The van der Waals surface area contributed by atoms with Gasteiger partial charge in [0, 0.05) is 25.8 Å². The van der Waals surface area contributed by atoms with Gasteiger partial charge in [0.25, 0.3) is 5.91 Å². The maximum absolute atomic E-state index is 11.5. The van der Waals surface area contributed by atoms with Gasteiger partial charge < -0.3 is 19.9 Å². The van der Waals surface area contributed by atoms with Crippen molar-refractivity contribution in [3.05, 3.63) is 28.8 Å². The Bertz CT molecular complexity index is 412. The molecule has 6 heteroatoms. The molecule has 0 heterocycles. The third-order valence-electron chi connectivity index (χ3n) is 2.41. The van der Waals surface area contributed by atoms with Crippen molar-refractivity contribution < 1.29 is 19.4 Å². The zero-order valence-corrected chi connectivity index (χ0v) is 11.6. The van der Waals surface area contributed by atoms with Gasteiger partial charge in [-0.1, -0.05) is 23.7 Å². The fourth-order valence-electron chi connectivity index (χ4n) is 1.47. The molecule has 0 unspecified atom stereocenters. The number of aliphatic hydroxyl groups excluding tert-OH is 1. The maximum atomic E-state index is 11.5. The molecule has 1 aromatic carbocycles. The number of amides is 1. The van der Waals surface area contributed by atoms with Gasteiger partial charge in [0.1, 0.15) is 5.75 Å². The first kappa shape index (κ1) is 15.8. The Morgan fingerprint density at radius 1 is 1.47 bits per heavy atom. The number of ether oxygens (including phenoxy) is 2. The van der Waals surface area contributed by atoms with E-state index in [1.54, 1.807) is 25.3 Å². The van der Waals surface area contributed by atoms with Crippen molar-refractivity contribution in [2.24, 2.45) is 0 Å². The molecule has 5 nitrogen and oxygen atoms in total. The first-order valence-corrected chi connectivity index (χ1v) is 6.33. The number of nitrogens with one attached hydrogen (secondary N) is 1. The molecule has 1 rings (SSSR count). The summed E-state index contributed by atoms with van der Waals surface area (Å²) in [6, 6.07) is 5.05. The molecule has 0 fully saturated rings. The number of hydrogen-bond donors (Lipinski definition) is 2. The standard InChI is InChI=1S/C13H18ClNO4/c1-18-7-3-6-15-12(17)9-19-13-10(8-16)4-2-5-11(13)14/h2,4-5,16H,3,6-9H2,1H3,(H,15,17). The summed E-state index contributed by atoms with van der Waals surface area (Å²) in [5.41, 5.74) is 0.555. The van der Waals surface area contributed by atoms with E-state index in [1.165, 1.54) is 0 Å². The number of aliphatic hydroxyl groups is 1. The second-order valence-corrected chi connectivity index (χ2v) is 4.28. The minimum absolute atomic E-state index is 0.135. The van der Waals surface area contributed by atoms with E-state index in [4.69, 9.17) is 26.2 Å². The molecule has 2 N–H and O–H groups in total. The molecule has 1 amide bonds. The minimum Gasteiger partial charge on any atom is -0.482 e. The van der Waals surface area contributed by atoms with Crippen molar-refractivity contribution in [1.82, 2.24) is 5.32 Å². The average molecular weight is 288 g/mol. The first-order valence-electron chi connectivity index (χ1n) is 5.95. The quantitative estimate of drug-likeness (QED) is 0.709. The third-order valence-corrected chi connectivity index (χ3v) is 2.71. The summed E-state index contributed by atoms with van der Waals surface area (Å²) in [5.74, 6) is 0.110. The molecule has 0 saturated carbocycles. The van der Waals surface area contributed by atoms with Crippen molar-refractivity contribution >= 4 is 17.5 Å². The van der Waals surface area contributed by atoms with Crippen LogP contribution in [0.5, 0.6) is 5.75 Å². The van der Waals surface area contributed by atoms with Crippen LogP contribution in [-0.4, -0.2) is 37.9 Å². The maximum Gasteiger partial charge on any atom is 0.257 e. The molecule has 0 aliphatic heterocycles. The van der Waals surface area contributed by atoms with Gasteiger partial charge in [0.05, 0.1) is 11.6 Å². The molecular formula is C13H18ClNO4. The summed E-state index contributed by atoms with van der Waals surface area (Å²) in [6.45, 7) is 0.806. The van der Waals surface area contributed by atoms with E-state index >= 15 is 0 Å². The molecule has 0 saturated heterocycles. The molecule has 0 aliphatic rings. The number of benzene rings is 1. The first-order chi connectivity index (χ1) is 9.19. The molecular weight excluding hydrogens is 270 g/mol. The Labute approximate surface area is 117 Å². The van der Waals surface area contributed by atoms with Crippen molar-refractivity contribution in [2.75, 3.05) is 26.9 Å². The van der Waals surface area contributed by atoms with E-state index in [2.05, 4.69) is 5.32 Å². The van der Waals surface area contributed by atoms with Gasteiger partial charge in [0.15, 0.2) is 6.61 Å². The SMILES string of the molecule is COCCCNC(=O)COc1c(Cl)cccc1CO. The highest BCUT2D eigenvalue weighted by molar-refractivity contribution is 6.32. The van der Waals surface area contributed by atoms with Crippen molar-refractivity contribution in [3.63, 3.8) is 0 Å². The fourth-order valence-corrected chi connectivity index (χ4v) is 1.72. The zero-order valence-electron chi connectivity index (χ0n) is 10.8. The molecule has 0 spiro atoms. The van der Waals surface area contributed by atoms with Gasteiger partial charge in [0.2, 0.25) is 0 Å². The Hall–Kier alpha value is -1.30. The van der Waals surface area contributed by atoms with Crippen LogP contribution in [0, 0.1) is 0 Å². The van der Waals surface area contributed by atoms with Crippen molar-refractivity contribution in [2.45, 2.75) is 13.0 Å². The number of carbonyl (C=O) groups excluding carboxylic acids is 1. The van der Waals surface area contributed by atoms with E-state index in [1.807, 2.05) is 0 Å². The highest BCUT2D eigenvalue weighted by Crippen LogP contribution is 2.28. The summed E-state index contributed by atoms with van der Waals surface area (Å²) < 4.78 is 10.2. The molecule has 0 radical (unpaired) electrons. The monoisotopic (exact) mass is 287 g/mol. The lowest BCUT2D eigenvalue weighted by molar-refractivity contribution is -0.123. The zero-order chi connectivity index (χ0) is 14.1. The van der Waals surface area contributed by atoms with Gasteiger partial charge >= 0.3 is 0 Å². The Balaban J connectivity index is 2.42. The van der Waals surface area contributed by atoms with Crippen LogP contribution in [0.15, 0.2) is 18.2 Å². The van der Waals surface area contributed by atoms with Gasteiger partial charge in [-0.15, -0.1) is 0 Å². The summed E-state index contributed by atoms with van der Waals surface area (Å²) in [7, 11) is 1.61. The molecule has 0 aromatic heterocycles. The van der Waals surface area contributed by atoms with Gasteiger partial charge in [-0.3, -0.25) is 4.79 Å². The lowest BCUT2D eigenvalue weighted by Crippen LogP contribution is -2.30. The van der Waals surface area contributed by atoms with Crippen LogP contribution < -0.4 is 10.1 Å². The van der Waals surface area contributed by atoms with Crippen LogP contribution in [0.25, 0.3) is 0 Å². The van der Waals surface area contributed by atoms with Crippen LogP contribution in [0.1, 0.15) is 12.0 Å². The Morgan fingerprint density at radius 2 is 2.26 bits per heavy atom. The van der Waals surface area contributed by atoms with Crippen LogP contribution in [0.3, 0.4) is 0 Å². The molecule has 0 bridgehead atoms. The van der Waals surface area contributed by atoms with Crippen molar-refractivity contribution in [3.8, 4) is 5.75 Å². The number of para-hydroxylation sites is 1. The topological polar surface area (TPSA) is 67.8 Å². The fraction of sp³-hybridized carbons (Fsp3) is 0.462. The van der Waals surface area contributed by atoms with Crippen LogP contribution in [0.2, 0.25) is 5.02 Å². The smallest absolute Gasteiger partial charge is 0.257 e. The molecule has 0 aliphatic carbocycles. The van der Waals surface area contributed by atoms with Gasteiger partial charge in [-0.05, 0) is 12.5 Å². The third kappa shape index (κ3) is 5.46. The Kier molecular flexibility index (Phi) is 7.25. The Morgan fingerprint density at radius 3 is 2.95 bits per heavy atom. The normalized spacial score (nSPS) is 10.3. The number of rotatable bonds is 8. The predicted molar refractivity (Wildman–Crippen MR) is 72.4 cm³/mol. The molecule has 0 atom stereocenters. The predicted octanol–water partition coefficient (Wildman–Crippen LogP) is 1.36. The van der Waals surface area contributed by atoms with E-state index in [9.17, 15) is 4.79 Å². The molecule has 1 aromatic rings. The minimum atomic E-state index is -0.236. The van der Waals surface area contributed by atoms with E-state index in [-0.39, 0.29) is 19.1 Å². The lowest BCUT2D eigenvalue weighted by atomic mass is 10.2. The van der Waals surface area contributed by atoms with Crippen LogP contribution in [-0.2, 0) is 16.1 Å². The molecule has 106 valence electrons. The second-order valence-electron chi connectivity index (χ2n) is 3.87. The average Bonchev–Trinajstić information content (AvgIpc) is 2.42. The van der Waals surface area contributed by atoms with E-state index in [0.717, 1.165) is 6.42 Å². The highest BCUT2D eigenvalue weighted by Gasteiger charge is 2.09. The summed E-state index contributed by atoms with van der Waals surface area (Å²) in [4.78, 5) is 11.5.